The van der Waals surface area contributed by atoms with Crippen LogP contribution in [-0.4, -0.2) is 27.5 Å². The van der Waals surface area contributed by atoms with Crippen LogP contribution in [-0.2, 0) is 7.05 Å². The van der Waals surface area contributed by atoms with Crippen LogP contribution in [0.3, 0.4) is 0 Å². The zero-order chi connectivity index (χ0) is 20.5. The van der Waals surface area contributed by atoms with Gasteiger partial charge in [-0.3, -0.25) is 19.3 Å². The Morgan fingerprint density at radius 1 is 1.17 bits per heavy atom. The van der Waals surface area contributed by atoms with Crippen LogP contribution >= 0.6 is 11.8 Å². The van der Waals surface area contributed by atoms with Gasteiger partial charge in [0.25, 0.3) is 5.56 Å². The highest BCUT2D eigenvalue weighted by atomic mass is 32.2. The van der Waals surface area contributed by atoms with Crippen LogP contribution in [0, 0.1) is 0 Å². The van der Waals surface area contributed by atoms with E-state index >= 15 is 0 Å². The quantitative estimate of drug-likeness (QED) is 0.693. The monoisotopic (exact) mass is 409 g/mol. The number of fused-ring (bicyclic) bond motifs is 1. The molecule has 0 radical (unpaired) electrons. The number of H-pyrrole nitrogens is 1. The van der Waals surface area contributed by atoms with Crippen molar-refractivity contribution >= 4 is 23.2 Å². The Morgan fingerprint density at radius 2 is 1.90 bits per heavy atom. The molecule has 0 fully saturated rings. The fourth-order valence-corrected chi connectivity index (χ4v) is 4.47. The molecule has 148 valence electrons. The predicted octanol–water partition coefficient (Wildman–Crippen LogP) is 3.15. The van der Waals surface area contributed by atoms with E-state index < -0.39 is 17.1 Å². The van der Waals surface area contributed by atoms with Crippen LogP contribution < -0.4 is 16.0 Å². The van der Waals surface area contributed by atoms with Gasteiger partial charge in [0, 0.05) is 23.6 Å². The van der Waals surface area contributed by atoms with E-state index in [2.05, 4.69) is 9.98 Å². The van der Waals surface area contributed by atoms with Gasteiger partial charge in [-0.2, -0.15) is 0 Å². The van der Waals surface area contributed by atoms with Crippen molar-refractivity contribution in [1.29, 1.82) is 0 Å². The first-order chi connectivity index (χ1) is 14.0. The first-order valence-electron chi connectivity index (χ1n) is 8.97. The maximum absolute atomic E-state index is 12.5. The van der Waals surface area contributed by atoms with Crippen molar-refractivity contribution in [2.24, 2.45) is 12.0 Å². The fourth-order valence-electron chi connectivity index (χ4n) is 3.24. The average molecular weight is 409 g/mol. The maximum atomic E-state index is 12.5. The van der Waals surface area contributed by atoms with Gasteiger partial charge >= 0.3 is 5.69 Å². The highest BCUT2D eigenvalue weighted by Gasteiger charge is 2.26. The lowest BCUT2D eigenvalue weighted by molar-refractivity contribution is 0.414. The molecule has 1 atom stereocenters. The highest BCUT2D eigenvalue weighted by molar-refractivity contribution is 7.99. The van der Waals surface area contributed by atoms with Crippen LogP contribution in [0.25, 0.3) is 0 Å². The Morgan fingerprint density at radius 3 is 2.62 bits per heavy atom. The number of hydrogen-bond donors (Lipinski definition) is 2. The van der Waals surface area contributed by atoms with Crippen LogP contribution in [0.4, 0.5) is 5.69 Å². The van der Waals surface area contributed by atoms with Crippen molar-refractivity contribution in [3.63, 3.8) is 0 Å². The van der Waals surface area contributed by atoms with Crippen molar-refractivity contribution in [3.05, 3.63) is 80.5 Å². The molecule has 1 aromatic heterocycles. The molecule has 4 rings (SSSR count). The van der Waals surface area contributed by atoms with Gasteiger partial charge in [0.15, 0.2) is 0 Å². The molecule has 0 saturated heterocycles. The normalized spacial score (nSPS) is 15.9. The Labute approximate surface area is 170 Å². The summed E-state index contributed by atoms with van der Waals surface area (Å²) in [5.41, 5.74) is 0.881. The molecule has 2 heterocycles. The van der Waals surface area contributed by atoms with Crippen molar-refractivity contribution in [2.75, 3.05) is 7.11 Å². The van der Waals surface area contributed by atoms with Gasteiger partial charge in [-0.1, -0.05) is 24.3 Å². The second-order valence-corrected chi connectivity index (χ2v) is 7.87. The van der Waals surface area contributed by atoms with Crippen molar-refractivity contribution in [1.82, 2.24) is 9.55 Å². The maximum Gasteiger partial charge on any atom is 0.330 e. The number of rotatable bonds is 3. The van der Waals surface area contributed by atoms with Crippen LogP contribution in [0.5, 0.6) is 11.6 Å². The molecule has 2 aromatic carbocycles. The third-order valence-corrected chi connectivity index (χ3v) is 6.16. The lowest BCUT2D eigenvalue weighted by atomic mass is 10.0. The summed E-state index contributed by atoms with van der Waals surface area (Å²) in [5, 5.41) is 10.5. The topological polar surface area (TPSA) is 96.7 Å². The fraction of sp³-hybridized carbons (Fsp3) is 0.190. The van der Waals surface area contributed by atoms with Gasteiger partial charge in [0.05, 0.1) is 18.5 Å². The second kappa shape index (κ2) is 7.63. The smallest absolute Gasteiger partial charge is 0.330 e. The molecule has 1 aliphatic heterocycles. The summed E-state index contributed by atoms with van der Waals surface area (Å²) in [6.07, 6.45) is 0.403. The third-order valence-electron chi connectivity index (χ3n) is 4.84. The summed E-state index contributed by atoms with van der Waals surface area (Å²) in [6.45, 7) is 0. The minimum atomic E-state index is -0.674. The molecule has 29 heavy (non-hydrogen) atoms. The lowest BCUT2D eigenvalue weighted by Gasteiger charge is -2.17. The second-order valence-electron chi connectivity index (χ2n) is 6.63. The van der Waals surface area contributed by atoms with E-state index in [0.29, 0.717) is 12.1 Å². The van der Waals surface area contributed by atoms with Crippen molar-refractivity contribution in [2.45, 2.75) is 16.6 Å². The number of aliphatic imine (C=N–C) groups is 1. The first-order valence-corrected chi connectivity index (χ1v) is 9.85. The third kappa shape index (κ3) is 3.58. The molecule has 7 nitrogen and oxygen atoms in total. The Balaban J connectivity index is 1.87. The summed E-state index contributed by atoms with van der Waals surface area (Å²) < 4.78 is 6.25. The molecule has 8 heteroatoms. The molecule has 1 aliphatic rings. The molecule has 0 spiro atoms. The largest absolute Gasteiger partial charge is 0.497 e. The summed E-state index contributed by atoms with van der Waals surface area (Å²) in [6, 6.07) is 15.4. The van der Waals surface area contributed by atoms with Gasteiger partial charge in [-0.25, -0.2) is 4.79 Å². The van der Waals surface area contributed by atoms with Gasteiger partial charge < -0.3 is 9.84 Å². The summed E-state index contributed by atoms with van der Waals surface area (Å²) in [7, 11) is 3.02. The number of para-hydroxylation sites is 1. The van der Waals surface area contributed by atoms with Crippen LogP contribution in [0.2, 0.25) is 0 Å². The molecule has 0 bridgehead atoms. The van der Waals surface area contributed by atoms with Crippen molar-refractivity contribution < 1.29 is 9.84 Å². The first kappa shape index (κ1) is 19.1. The van der Waals surface area contributed by atoms with Gasteiger partial charge in [-0.15, -0.1) is 11.8 Å². The van der Waals surface area contributed by atoms with Crippen LogP contribution in [0.15, 0.2) is 68.0 Å². The Kier molecular flexibility index (Phi) is 5.02. The number of nitrogens with zero attached hydrogens (tertiary/aromatic N) is 2. The standard InChI is InChI=1S/C21H19N3O4S/c1-24-20(26)18(19(25)23-21(24)27)15-11-17(12-7-9-13(28-2)10-8-12)29-16-6-4-3-5-14(16)22-15/h3-10,17,26H,11H2,1-2H3,(H,23,25,27)/t17-/m0/s1. The number of aromatic hydroxyl groups is 1. The number of nitrogens with one attached hydrogen (secondary N) is 1. The summed E-state index contributed by atoms with van der Waals surface area (Å²) in [5.74, 6) is 0.365. The molecule has 3 aromatic rings. The highest BCUT2D eigenvalue weighted by Crippen LogP contribution is 2.45. The lowest BCUT2D eigenvalue weighted by Crippen LogP contribution is -2.32. The Hall–Kier alpha value is -3.26. The van der Waals surface area contributed by atoms with E-state index in [4.69, 9.17) is 4.74 Å². The summed E-state index contributed by atoms with van der Waals surface area (Å²) in [4.78, 5) is 32.2. The van der Waals surface area contributed by atoms with E-state index in [9.17, 15) is 14.7 Å². The van der Waals surface area contributed by atoms with Gasteiger partial charge in [-0.05, 0) is 29.8 Å². The Bertz CT molecular complexity index is 1210. The van der Waals surface area contributed by atoms with E-state index in [1.807, 2.05) is 48.5 Å². The summed E-state index contributed by atoms with van der Waals surface area (Å²) >= 11 is 1.64. The number of methoxy groups -OCH3 is 1. The zero-order valence-corrected chi connectivity index (χ0v) is 16.7. The molecule has 0 amide bonds. The van der Waals surface area contributed by atoms with E-state index in [1.165, 1.54) is 7.05 Å². The molecular formula is C21H19N3O4S. The molecular weight excluding hydrogens is 390 g/mol. The minimum absolute atomic E-state index is 0.0166. The number of aromatic nitrogens is 2. The SMILES string of the molecule is COc1ccc([C@@H]2CC(c3c(O)n(C)c(=O)[nH]c3=O)=Nc3ccccc3S2)cc1. The predicted molar refractivity (Wildman–Crippen MR) is 113 cm³/mol. The zero-order valence-electron chi connectivity index (χ0n) is 15.9. The van der Waals surface area contributed by atoms with Crippen LogP contribution in [0.1, 0.15) is 22.8 Å². The molecule has 0 saturated carbocycles. The number of benzene rings is 2. The average Bonchev–Trinajstić information content (AvgIpc) is 2.92. The molecule has 0 aliphatic carbocycles. The van der Waals surface area contributed by atoms with E-state index in [1.54, 1.807) is 18.9 Å². The van der Waals surface area contributed by atoms with E-state index in [0.717, 1.165) is 26.5 Å². The number of hydrogen-bond acceptors (Lipinski definition) is 6. The van der Waals surface area contributed by atoms with Crippen molar-refractivity contribution in [3.8, 4) is 11.6 Å². The van der Waals surface area contributed by atoms with E-state index in [-0.39, 0.29) is 10.8 Å². The van der Waals surface area contributed by atoms with Gasteiger partial charge in [0.2, 0.25) is 5.88 Å². The minimum Gasteiger partial charge on any atom is -0.497 e. The number of aromatic amines is 1. The molecule has 2 N–H and O–H groups in total. The molecule has 0 unspecified atom stereocenters. The number of thioether (sulfide) groups is 1. The van der Waals surface area contributed by atoms with Gasteiger partial charge in [0.1, 0.15) is 11.3 Å². The number of ether oxygens (including phenoxy) is 1.